The molecule has 0 bridgehead atoms. The van der Waals surface area contributed by atoms with Crippen molar-refractivity contribution < 1.29 is 8.42 Å². The first-order valence-corrected chi connectivity index (χ1v) is 8.16. The summed E-state index contributed by atoms with van der Waals surface area (Å²) < 4.78 is 23.3. The fraction of sp³-hybridized carbons (Fsp3) is 0.455. The average Bonchev–Trinajstić information content (AvgIpc) is 2.14. The van der Waals surface area contributed by atoms with Crippen molar-refractivity contribution in [2.75, 3.05) is 12.0 Å². The van der Waals surface area contributed by atoms with Crippen molar-refractivity contribution in [3.8, 4) is 0 Å². The van der Waals surface area contributed by atoms with Crippen molar-refractivity contribution in [1.29, 1.82) is 0 Å². The summed E-state index contributed by atoms with van der Waals surface area (Å²) in [5, 5.41) is 3.19. The quantitative estimate of drug-likeness (QED) is 0.822. The third kappa shape index (κ3) is 5.81. The second-order valence-electron chi connectivity index (χ2n) is 4.00. The summed E-state index contributed by atoms with van der Waals surface area (Å²) in [4.78, 5) is 0. The number of nitrogens with one attached hydrogen (secondary N) is 1. The van der Waals surface area contributed by atoms with Gasteiger partial charge in [-0.1, -0.05) is 12.1 Å². The highest BCUT2D eigenvalue weighted by Gasteiger charge is 2.09. The van der Waals surface area contributed by atoms with Crippen molar-refractivity contribution in [3.63, 3.8) is 0 Å². The molecular formula is C11H16INO2S. The summed E-state index contributed by atoms with van der Waals surface area (Å²) in [6, 6.07) is 8.15. The molecule has 1 unspecified atom stereocenters. The number of benzene rings is 1. The molecule has 0 heterocycles. The third-order valence-corrected chi connectivity index (χ3v) is 3.95. The zero-order chi connectivity index (χ0) is 12.2. The standard InChI is InChI=1S/C11H16INO2S/c1-9(8-16(2,14)15)13-7-10-3-5-11(12)6-4-10/h3-6,9,13H,7-8H2,1-2H3. The van der Waals surface area contributed by atoms with Crippen molar-refractivity contribution >= 4 is 32.4 Å². The van der Waals surface area contributed by atoms with Crippen molar-refractivity contribution in [1.82, 2.24) is 5.32 Å². The molecular weight excluding hydrogens is 337 g/mol. The number of hydrogen-bond donors (Lipinski definition) is 1. The summed E-state index contributed by atoms with van der Waals surface area (Å²) in [5.74, 6) is 0.178. The molecule has 0 spiro atoms. The van der Waals surface area contributed by atoms with Gasteiger partial charge < -0.3 is 5.32 Å². The van der Waals surface area contributed by atoms with Gasteiger partial charge in [0.05, 0.1) is 5.75 Å². The largest absolute Gasteiger partial charge is 0.309 e. The Morgan fingerprint density at radius 3 is 2.38 bits per heavy atom. The van der Waals surface area contributed by atoms with Gasteiger partial charge in [-0.05, 0) is 47.2 Å². The highest BCUT2D eigenvalue weighted by atomic mass is 127. The molecule has 5 heteroatoms. The van der Waals surface area contributed by atoms with E-state index in [2.05, 4.69) is 27.9 Å². The lowest BCUT2D eigenvalue weighted by Crippen LogP contribution is -2.32. The first-order valence-electron chi connectivity index (χ1n) is 5.02. The van der Waals surface area contributed by atoms with Gasteiger partial charge in [-0.3, -0.25) is 0 Å². The van der Waals surface area contributed by atoms with E-state index in [0.717, 1.165) is 0 Å². The molecule has 1 rings (SSSR count). The van der Waals surface area contributed by atoms with E-state index < -0.39 is 9.84 Å². The van der Waals surface area contributed by atoms with Gasteiger partial charge in [0, 0.05) is 22.4 Å². The summed E-state index contributed by atoms with van der Waals surface area (Å²) in [6.45, 7) is 2.58. The Labute approximate surface area is 111 Å². The zero-order valence-electron chi connectivity index (χ0n) is 9.40. The molecule has 0 aromatic heterocycles. The molecule has 0 fully saturated rings. The van der Waals surface area contributed by atoms with Crippen molar-refractivity contribution in [2.45, 2.75) is 19.5 Å². The molecule has 1 N–H and O–H groups in total. The lowest BCUT2D eigenvalue weighted by molar-refractivity contribution is 0.560. The van der Waals surface area contributed by atoms with Crippen LogP contribution in [0.15, 0.2) is 24.3 Å². The Balaban J connectivity index is 2.43. The predicted octanol–water partition coefficient (Wildman–Crippen LogP) is 1.81. The Hall–Kier alpha value is -0.140. The monoisotopic (exact) mass is 353 g/mol. The fourth-order valence-electron chi connectivity index (χ4n) is 1.41. The topological polar surface area (TPSA) is 46.2 Å². The van der Waals surface area contributed by atoms with E-state index in [9.17, 15) is 8.42 Å². The number of hydrogen-bond acceptors (Lipinski definition) is 3. The minimum Gasteiger partial charge on any atom is -0.309 e. The molecule has 3 nitrogen and oxygen atoms in total. The van der Waals surface area contributed by atoms with Crippen LogP contribution >= 0.6 is 22.6 Å². The van der Waals surface area contributed by atoms with E-state index in [1.807, 2.05) is 31.2 Å². The van der Waals surface area contributed by atoms with Gasteiger partial charge in [0.2, 0.25) is 0 Å². The molecule has 1 aromatic carbocycles. The summed E-state index contributed by atoms with van der Waals surface area (Å²) in [7, 11) is -2.90. The van der Waals surface area contributed by atoms with Crippen molar-refractivity contribution in [3.05, 3.63) is 33.4 Å². The van der Waals surface area contributed by atoms with Crippen LogP contribution in [0.2, 0.25) is 0 Å². The fourth-order valence-corrected chi connectivity index (χ4v) is 2.79. The van der Waals surface area contributed by atoms with Crippen LogP contribution in [-0.2, 0) is 16.4 Å². The predicted molar refractivity (Wildman–Crippen MR) is 75.2 cm³/mol. The molecule has 1 atom stereocenters. The third-order valence-electron chi connectivity index (χ3n) is 2.12. The highest BCUT2D eigenvalue weighted by Crippen LogP contribution is 2.06. The van der Waals surface area contributed by atoms with Crippen LogP contribution in [0.25, 0.3) is 0 Å². The van der Waals surface area contributed by atoms with Gasteiger partial charge in [0.25, 0.3) is 0 Å². The summed E-state index contributed by atoms with van der Waals surface area (Å²) in [6.07, 6.45) is 1.26. The number of sulfone groups is 1. The Morgan fingerprint density at radius 1 is 1.31 bits per heavy atom. The van der Waals surface area contributed by atoms with E-state index in [1.54, 1.807) is 0 Å². The highest BCUT2D eigenvalue weighted by molar-refractivity contribution is 14.1. The van der Waals surface area contributed by atoms with Crippen LogP contribution < -0.4 is 5.32 Å². The summed E-state index contributed by atoms with van der Waals surface area (Å²) in [5.41, 5.74) is 1.17. The van der Waals surface area contributed by atoms with E-state index in [4.69, 9.17) is 0 Å². The van der Waals surface area contributed by atoms with E-state index >= 15 is 0 Å². The van der Waals surface area contributed by atoms with Crippen LogP contribution in [0.3, 0.4) is 0 Å². The van der Waals surface area contributed by atoms with Gasteiger partial charge in [-0.2, -0.15) is 0 Å². The summed E-state index contributed by atoms with van der Waals surface area (Å²) >= 11 is 2.26. The molecule has 0 radical (unpaired) electrons. The van der Waals surface area contributed by atoms with Crippen LogP contribution in [0.1, 0.15) is 12.5 Å². The Morgan fingerprint density at radius 2 is 1.88 bits per heavy atom. The molecule has 0 aliphatic rings. The first kappa shape index (κ1) is 13.9. The normalized spacial score (nSPS) is 13.7. The van der Waals surface area contributed by atoms with E-state index in [0.29, 0.717) is 6.54 Å². The van der Waals surface area contributed by atoms with Crippen LogP contribution in [0.4, 0.5) is 0 Å². The molecule has 1 aromatic rings. The maximum absolute atomic E-state index is 11.1. The molecule has 90 valence electrons. The Kier molecular flexibility index (Phi) is 5.20. The Bertz CT molecular complexity index is 428. The molecule has 0 saturated carbocycles. The maximum atomic E-state index is 11.1. The maximum Gasteiger partial charge on any atom is 0.148 e. The average molecular weight is 353 g/mol. The van der Waals surface area contributed by atoms with Gasteiger partial charge in [0.1, 0.15) is 9.84 Å². The number of halogens is 1. The van der Waals surface area contributed by atoms with Gasteiger partial charge >= 0.3 is 0 Å². The van der Waals surface area contributed by atoms with Gasteiger partial charge in [-0.15, -0.1) is 0 Å². The zero-order valence-corrected chi connectivity index (χ0v) is 12.4. The number of rotatable bonds is 5. The molecule has 0 amide bonds. The van der Waals surface area contributed by atoms with Crippen molar-refractivity contribution in [2.24, 2.45) is 0 Å². The minimum atomic E-state index is -2.90. The van der Waals surface area contributed by atoms with Gasteiger partial charge in [0.15, 0.2) is 0 Å². The van der Waals surface area contributed by atoms with E-state index in [1.165, 1.54) is 15.4 Å². The first-order chi connectivity index (χ1) is 7.37. The van der Waals surface area contributed by atoms with Gasteiger partial charge in [-0.25, -0.2) is 8.42 Å². The lowest BCUT2D eigenvalue weighted by Gasteiger charge is -2.12. The second-order valence-corrected chi connectivity index (χ2v) is 7.43. The molecule has 0 aliphatic carbocycles. The smallest absolute Gasteiger partial charge is 0.148 e. The molecule has 16 heavy (non-hydrogen) atoms. The molecule has 0 saturated heterocycles. The second kappa shape index (κ2) is 5.97. The lowest BCUT2D eigenvalue weighted by atomic mass is 10.2. The molecule has 0 aliphatic heterocycles. The van der Waals surface area contributed by atoms with Crippen LogP contribution in [0, 0.1) is 3.57 Å². The minimum absolute atomic E-state index is 0.0192. The van der Waals surface area contributed by atoms with Crippen LogP contribution in [0.5, 0.6) is 0 Å². The van der Waals surface area contributed by atoms with Crippen LogP contribution in [-0.4, -0.2) is 26.5 Å². The van der Waals surface area contributed by atoms with E-state index in [-0.39, 0.29) is 11.8 Å². The SMILES string of the molecule is CC(CS(C)(=O)=O)NCc1ccc(I)cc1.